The van der Waals surface area contributed by atoms with Gasteiger partial charge < -0.3 is 5.11 Å². The summed E-state index contributed by atoms with van der Waals surface area (Å²) in [6, 6.07) is 3.62. The molecule has 1 rings (SSSR count). The van der Waals surface area contributed by atoms with Gasteiger partial charge in [0.1, 0.15) is 17.1 Å². The van der Waals surface area contributed by atoms with Crippen LogP contribution in [0.15, 0.2) is 18.2 Å². The van der Waals surface area contributed by atoms with Gasteiger partial charge in [-0.15, -0.1) is 0 Å². The standard InChI is InChI=1S/C9H10FNO3/c1-2-14-11-9(13)8-6(10)4-3-5-7(8)12/h3-5,12H,2H2,1H3,(H,11,13). The van der Waals surface area contributed by atoms with Crippen LogP contribution in [0.3, 0.4) is 0 Å². The van der Waals surface area contributed by atoms with Crippen LogP contribution in [-0.2, 0) is 4.84 Å². The lowest BCUT2D eigenvalue weighted by molar-refractivity contribution is 0.0358. The number of carbonyl (C=O) groups excluding carboxylic acids is 1. The van der Waals surface area contributed by atoms with Gasteiger partial charge in [-0.25, -0.2) is 9.87 Å². The zero-order valence-electron chi connectivity index (χ0n) is 7.58. The molecule has 0 bridgehead atoms. The van der Waals surface area contributed by atoms with Crippen LogP contribution < -0.4 is 5.48 Å². The van der Waals surface area contributed by atoms with E-state index in [-0.39, 0.29) is 6.61 Å². The average molecular weight is 199 g/mol. The number of carbonyl (C=O) groups is 1. The molecule has 0 radical (unpaired) electrons. The van der Waals surface area contributed by atoms with E-state index in [1.165, 1.54) is 12.1 Å². The van der Waals surface area contributed by atoms with Gasteiger partial charge in [-0.3, -0.25) is 9.63 Å². The highest BCUT2D eigenvalue weighted by Crippen LogP contribution is 2.19. The van der Waals surface area contributed by atoms with Crippen LogP contribution in [0.25, 0.3) is 0 Å². The first kappa shape index (κ1) is 10.5. The van der Waals surface area contributed by atoms with Crippen molar-refractivity contribution in [2.45, 2.75) is 6.92 Å². The summed E-state index contributed by atoms with van der Waals surface area (Å²) in [5.41, 5.74) is 1.58. The monoisotopic (exact) mass is 199 g/mol. The Morgan fingerprint density at radius 3 is 2.93 bits per heavy atom. The van der Waals surface area contributed by atoms with Crippen LogP contribution in [0, 0.1) is 5.82 Å². The van der Waals surface area contributed by atoms with Crippen LogP contribution in [-0.4, -0.2) is 17.6 Å². The molecule has 1 aromatic carbocycles. The summed E-state index contributed by atoms with van der Waals surface area (Å²) in [6.45, 7) is 1.93. The Hall–Kier alpha value is -1.62. The van der Waals surface area contributed by atoms with Crippen molar-refractivity contribution in [3.63, 3.8) is 0 Å². The topological polar surface area (TPSA) is 58.6 Å². The van der Waals surface area contributed by atoms with Crippen LogP contribution >= 0.6 is 0 Å². The number of hydroxylamine groups is 1. The largest absolute Gasteiger partial charge is 0.507 e. The number of benzene rings is 1. The van der Waals surface area contributed by atoms with Gasteiger partial charge in [0.25, 0.3) is 5.91 Å². The highest BCUT2D eigenvalue weighted by molar-refractivity contribution is 5.96. The lowest BCUT2D eigenvalue weighted by atomic mass is 10.2. The molecule has 2 N–H and O–H groups in total. The van der Waals surface area contributed by atoms with Crippen molar-refractivity contribution < 1.29 is 19.1 Å². The molecule has 1 aromatic rings. The Morgan fingerprint density at radius 1 is 1.64 bits per heavy atom. The van der Waals surface area contributed by atoms with Crippen LogP contribution in [0.4, 0.5) is 4.39 Å². The third-order valence-electron chi connectivity index (χ3n) is 1.53. The van der Waals surface area contributed by atoms with Crippen LogP contribution in [0.1, 0.15) is 17.3 Å². The number of nitrogens with one attached hydrogen (secondary N) is 1. The smallest absolute Gasteiger partial charge is 0.281 e. The number of amides is 1. The van der Waals surface area contributed by atoms with Gasteiger partial charge >= 0.3 is 0 Å². The van der Waals surface area contributed by atoms with Gasteiger partial charge in [-0.1, -0.05) is 6.07 Å². The Bertz CT molecular complexity index is 321. The highest BCUT2D eigenvalue weighted by Gasteiger charge is 2.15. The normalized spacial score (nSPS) is 9.86. The molecule has 0 aliphatic carbocycles. The molecule has 1 amide bonds. The molecule has 0 heterocycles. The third kappa shape index (κ3) is 2.20. The number of hydrogen-bond donors (Lipinski definition) is 2. The quantitative estimate of drug-likeness (QED) is 0.719. The number of rotatable bonds is 3. The second kappa shape index (κ2) is 4.57. The summed E-state index contributed by atoms with van der Waals surface area (Å²) in [5.74, 6) is -2.01. The van der Waals surface area contributed by atoms with Gasteiger partial charge in [0.15, 0.2) is 0 Å². The predicted molar refractivity (Wildman–Crippen MR) is 47.2 cm³/mol. The number of halogens is 1. The molecule has 0 saturated carbocycles. The molecule has 0 fully saturated rings. The molecule has 14 heavy (non-hydrogen) atoms. The Balaban J connectivity index is 2.89. The molecule has 0 aromatic heterocycles. The maximum Gasteiger partial charge on any atom is 0.281 e. The fourth-order valence-corrected chi connectivity index (χ4v) is 0.926. The minimum Gasteiger partial charge on any atom is -0.507 e. The highest BCUT2D eigenvalue weighted by atomic mass is 19.1. The van der Waals surface area contributed by atoms with Crippen molar-refractivity contribution >= 4 is 5.91 Å². The summed E-state index contributed by atoms with van der Waals surface area (Å²) in [4.78, 5) is 15.8. The molecule has 4 nitrogen and oxygen atoms in total. The van der Waals surface area contributed by atoms with Crippen LogP contribution in [0.2, 0.25) is 0 Å². The van der Waals surface area contributed by atoms with E-state index >= 15 is 0 Å². The molecular weight excluding hydrogens is 189 g/mol. The number of phenolic OH excluding ortho intramolecular Hbond substituents is 1. The van der Waals surface area contributed by atoms with E-state index < -0.39 is 23.0 Å². The summed E-state index contributed by atoms with van der Waals surface area (Å²) < 4.78 is 13.1. The SMILES string of the molecule is CCONC(=O)c1c(O)cccc1F. The minimum absolute atomic E-state index is 0.265. The lowest BCUT2D eigenvalue weighted by Gasteiger charge is -2.06. The second-order valence-corrected chi connectivity index (χ2v) is 2.50. The van der Waals surface area contributed by atoms with Gasteiger partial charge in [0, 0.05) is 0 Å². The molecule has 0 atom stereocenters. The van der Waals surface area contributed by atoms with Gasteiger partial charge in [-0.05, 0) is 19.1 Å². The third-order valence-corrected chi connectivity index (χ3v) is 1.53. The van der Waals surface area contributed by atoms with E-state index in [4.69, 9.17) is 0 Å². The van der Waals surface area contributed by atoms with Crippen molar-refractivity contribution in [3.05, 3.63) is 29.6 Å². The molecule has 0 spiro atoms. The van der Waals surface area contributed by atoms with E-state index in [2.05, 4.69) is 4.84 Å². The average Bonchev–Trinajstić information content (AvgIpc) is 2.14. The number of phenols is 1. The van der Waals surface area contributed by atoms with Gasteiger partial charge in [0.2, 0.25) is 0 Å². The van der Waals surface area contributed by atoms with E-state index in [0.29, 0.717) is 0 Å². The Kier molecular flexibility index (Phi) is 3.41. The first-order valence-electron chi connectivity index (χ1n) is 4.06. The zero-order chi connectivity index (χ0) is 10.6. The molecule has 0 saturated heterocycles. The summed E-state index contributed by atoms with van der Waals surface area (Å²) in [5, 5.41) is 9.20. The van der Waals surface area contributed by atoms with Gasteiger partial charge in [-0.2, -0.15) is 0 Å². The van der Waals surface area contributed by atoms with E-state index in [1.807, 2.05) is 5.48 Å². The molecule has 5 heteroatoms. The van der Waals surface area contributed by atoms with Crippen molar-refractivity contribution in [2.24, 2.45) is 0 Å². The molecular formula is C9H10FNO3. The molecule has 0 aliphatic heterocycles. The Labute approximate surface area is 80.3 Å². The maximum atomic E-state index is 13.1. The number of aromatic hydroxyl groups is 1. The summed E-state index contributed by atoms with van der Waals surface area (Å²) in [7, 11) is 0. The Morgan fingerprint density at radius 2 is 2.36 bits per heavy atom. The number of hydrogen-bond acceptors (Lipinski definition) is 3. The fourth-order valence-electron chi connectivity index (χ4n) is 0.926. The first-order valence-corrected chi connectivity index (χ1v) is 4.06. The zero-order valence-corrected chi connectivity index (χ0v) is 7.58. The predicted octanol–water partition coefficient (Wildman–Crippen LogP) is 1.21. The van der Waals surface area contributed by atoms with E-state index in [0.717, 1.165) is 6.07 Å². The molecule has 0 aliphatic rings. The van der Waals surface area contributed by atoms with E-state index in [1.54, 1.807) is 6.92 Å². The van der Waals surface area contributed by atoms with Crippen LogP contribution in [0.5, 0.6) is 5.75 Å². The maximum absolute atomic E-state index is 13.1. The van der Waals surface area contributed by atoms with E-state index in [9.17, 15) is 14.3 Å². The van der Waals surface area contributed by atoms with Crippen molar-refractivity contribution in [1.29, 1.82) is 0 Å². The first-order chi connectivity index (χ1) is 6.66. The van der Waals surface area contributed by atoms with Crippen molar-refractivity contribution in [2.75, 3.05) is 6.61 Å². The molecule has 0 unspecified atom stereocenters. The van der Waals surface area contributed by atoms with Crippen molar-refractivity contribution in [3.8, 4) is 5.75 Å². The summed E-state index contributed by atoms with van der Waals surface area (Å²) in [6.07, 6.45) is 0. The lowest BCUT2D eigenvalue weighted by Crippen LogP contribution is -2.24. The van der Waals surface area contributed by atoms with Crippen molar-refractivity contribution in [1.82, 2.24) is 5.48 Å². The van der Waals surface area contributed by atoms with Gasteiger partial charge in [0.05, 0.1) is 6.61 Å². The molecule has 76 valence electrons. The minimum atomic E-state index is -0.803. The second-order valence-electron chi connectivity index (χ2n) is 2.50. The fraction of sp³-hybridized carbons (Fsp3) is 0.222. The summed E-state index contributed by atoms with van der Waals surface area (Å²) >= 11 is 0.